The second-order valence-corrected chi connectivity index (χ2v) is 5.71. The van der Waals surface area contributed by atoms with Crippen molar-refractivity contribution < 1.29 is 9.59 Å². The zero-order valence-electron chi connectivity index (χ0n) is 12.0. The molecular formula is C15H22N2O2. The van der Waals surface area contributed by atoms with Gasteiger partial charge in [-0.25, -0.2) is 0 Å². The lowest BCUT2D eigenvalue weighted by molar-refractivity contribution is -0.137. The fourth-order valence-electron chi connectivity index (χ4n) is 1.81. The number of amides is 2. The highest BCUT2D eigenvalue weighted by Gasteiger charge is 2.22. The van der Waals surface area contributed by atoms with E-state index in [1.807, 2.05) is 13.8 Å². The van der Waals surface area contributed by atoms with Crippen molar-refractivity contribution >= 4 is 11.8 Å². The van der Waals surface area contributed by atoms with Gasteiger partial charge in [0.15, 0.2) is 0 Å². The molecule has 1 aromatic rings. The SMILES string of the molecule is CC(C)c1ccc(C(C)(C)CNC(=O)C(N)=O)cc1. The topological polar surface area (TPSA) is 72.2 Å². The van der Waals surface area contributed by atoms with Crippen molar-refractivity contribution in [2.24, 2.45) is 5.73 Å². The van der Waals surface area contributed by atoms with E-state index >= 15 is 0 Å². The van der Waals surface area contributed by atoms with E-state index in [4.69, 9.17) is 5.73 Å². The van der Waals surface area contributed by atoms with Crippen LogP contribution in [0.15, 0.2) is 24.3 Å². The molecule has 0 saturated carbocycles. The van der Waals surface area contributed by atoms with Crippen LogP contribution in [0.2, 0.25) is 0 Å². The molecule has 2 amide bonds. The zero-order chi connectivity index (χ0) is 14.6. The van der Waals surface area contributed by atoms with Crippen molar-refractivity contribution in [1.82, 2.24) is 5.32 Å². The van der Waals surface area contributed by atoms with Crippen molar-refractivity contribution in [2.45, 2.75) is 39.0 Å². The summed E-state index contributed by atoms with van der Waals surface area (Å²) in [6.07, 6.45) is 0. The Kier molecular flexibility index (Phi) is 4.70. The van der Waals surface area contributed by atoms with Gasteiger partial charge in [0.05, 0.1) is 0 Å². The second-order valence-electron chi connectivity index (χ2n) is 5.71. The van der Waals surface area contributed by atoms with Gasteiger partial charge in [0.25, 0.3) is 0 Å². The van der Waals surface area contributed by atoms with Gasteiger partial charge >= 0.3 is 11.8 Å². The van der Waals surface area contributed by atoms with Gasteiger partial charge in [-0.2, -0.15) is 0 Å². The maximum Gasteiger partial charge on any atom is 0.309 e. The Labute approximate surface area is 114 Å². The average Bonchev–Trinajstić information content (AvgIpc) is 2.36. The highest BCUT2D eigenvalue weighted by atomic mass is 16.2. The minimum absolute atomic E-state index is 0.249. The molecule has 0 unspecified atom stereocenters. The standard InChI is InChI=1S/C15H22N2O2/c1-10(2)11-5-7-12(8-6-11)15(3,4)9-17-14(19)13(16)18/h5-8,10H,9H2,1-4H3,(H2,16,18)(H,17,19). The first-order chi connectivity index (χ1) is 8.74. The van der Waals surface area contributed by atoms with Crippen molar-refractivity contribution in [3.63, 3.8) is 0 Å². The van der Waals surface area contributed by atoms with Gasteiger partial charge in [0.1, 0.15) is 0 Å². The lowest BCUT2D eigenvalue weighted by Gasteiger charge is -2.25. The number of primary amides is 1. The number of rotatable bonds is 4. The van der Waals surface area contributed by atoms with E-state index in [9.17, 15) is 9.59 Å². The molecule has 1 aromatic carbocycles. The van der Waals surface area contributed by atoms with Gasteiger partial charge in [0.2, 0.25) is 0 Å². The summed E-state index contributed by atoms with van der Waals surface area (Å²) in [5.74, 6) is -1.20. The van der Waals surface area contributed by atoms with Gasteiger partial charge in [-0.05, 0) is 17.0 Å². The Morgan fingerprint density at radius 3 is 2.16 bits per heavy atom. The van der Waals surface area contributed by atoms with Crippen LogP contribution in [-0.2, 0) is 15.0 Å². The molecular weight excluding hydrogens is 240 g/mol. The quantitative estimate of drug-likeness (QED) is 0.810. The van der Waals surface area contributed by atoms with Crippen LogP contribution in [0.4, 0.5) is 0 Å². The van der Waals surface area contributed by atoms with Crippen LogP contribution in [-0.4, -0.2) is 18.4 Å². The first-order valence-electron chi connectivity index (χ1n) is 6.42. The Balaban J connectivity index is 2.76. The molecule has 104 valence electrons. The molecule has 4 nitrogen and oxygen atoms in total. The maximum absolute atomic E-state index is 11.2. The third-order valence-electron chi connectivity index (χ3n) is 3.27. The Bertz CT molecular complexity index is 462. The molecule has 0 aliphatic carbocycles. The summed E-state index contributed by atoms with van der Waals surface area (Å²) in [6.45, 7) is 8.69. The van der Waals surface area contributed by atoms with E-state index in [-0.39, 0.29) is 5.41 Å². The second kappa shape index (κ2) is 5.87. The minimum atomic E-state index is -0.953. The number of nitrogens with two attached hydrogens (primary N) is 1. The predicted octanol–water partition coefficient (Wildman–Crippen LogP) is 1.69. The summed E-state index contributed by atoms with van der Waals surface area (Å²) in [6, 6.07) is 8.31. The summed E-state index contributed by atoms with van der Waals surface area (Å²) in [7, 11) is 0. The van der Waals surface area contributed by atoms with E-state index in [1.54, 1.807) is 0 Å². The van der Waals surface area contributed by atoms with E-state index < -0.39 is 11.8 Å². The number of hydrogen-bond donors (Lipinski definition) is 2. The Hall–Kier alpha value is -1.84. The predicted molar refractivity (Wildman–Crippen MR) is 75.8 cm³/mol. The van der Waals surface area contributed by atoms with E-state index in [0.717, 1.165) is 5.56 Å². The van der Waals surface area contributed by atoms with Gasteiger partial charge in [-0.1, -0.05) is 52.0 Å². The fourth-order valence-corrected chi connectivity index (χ4v) is 1.81. The number of carbonyl (C=O) groups is 2. The van der Waals surface area contributed by atoms with Crippen molar-refractivity contribution in [3.05, 3.63) is 35.4 Å². The average molecular weight is 262 g/mol. The number of benzene rings is 1. The molecule has 0 aliphatic heterocycles. The molecule has 0 bridgehead atoms. The lowest BCUT2D eigenvalue weighted by atomic mass is 9.83. The normalized spacial score (nSPS) is 11.4. The third-order valence-corrected chi connectivity index (χ3v) is 3.27. The largest absolute Gasteiger partial charge is 0.361 e. The monoisotopic (exact) mass is 262 g/mol. The molecule has 3 N–H and O–H groups in total. The Morgan fingerprint density at radius 1 is 1.21 bits per heavy atom. The molecule has 0 aliphatic rings. The summed E-state index contributed by atoms with van der Waals surface area (Å²) in [4.78, 5) is 21.9. The third kappa shape index (κ3) is 4.09. The van der Waals surface area contributed by atoms with E-state index in [1.165, 1.54) is 5.56 Å². The van der Waals surface area contributed by atoms with Crippen LogP contribution in [0, 0.1) is 0 Å². The minimum Gasteiger partial charge on any atom is -0.361 e. The van der Waals surface area contributed by atoms with E-state index in [0.29, 0.717) is 12.5 Å². The van der Waals surface area contributed by atoms with Gasteiger partial charge in [0, 0.05) is 12.0 Å². The molecule has 0 heterocycles. The summed E-state index contributed by atoms with van der Waals surface area (Å²) < 4.78 is 0. The van der Waals surface area contributed by atoms with Gasteiger partial charge in [-0.15, -0.1) is 0 Å². The van der Waals surface area contributed by atoms with Crippen LogP contribution in [0.3, 0.4) is 0 Å². The van der Waals surface area contributed by atoms with Crippen LogP contribution in [0.1, 0.15) is 44.7 Å². The smallest absolute Gasteiger partial charge is 0.309 e. The van der Waals surface area contributed by atoms with Crippen LogP contribution >= 0.6 is 0 Å². The summed E-state index contributed by atoms with van der Waals surface area (Å²) >= 11 is 0. The van der Waals surface area contributed by atoms with Crippen LogP contribution < -0.4 is 11.1 Å². The van der Waals surface area contributed by atoms with Crippen molar-refractivity contribution in [1.29, 1.82) is 0 Å². The molecule has 4 heteroatoms. The number of hydrogen-bond acceptors (Lipinski definition) is 2. The highest BCUT2D eigenvalue weighted by Crippen LogP contribution is 2.24. The van der Waals surface area contributed by atoms with Gasteiger partial charge in [-0.3, -0.25) is 9.59 Å². The Morgan fingerprint density at radius 2 is 1.74 bits per heavy atom. The van der Waals surface area contributed by atoms with Crippen molar-refractivity contribution in [3.8, 4) is 0 Å². The molecule has 0 saturated heterocycles. The van der Waals surface area contributed by atoms with Crippen LogP contribution in [0.25, 0.3) is 0 Å². The molecule has 0 spiro atoms. The fraction of sp³-hybridized carbons (Fsp3) is 0.467. The van der Waals surface area contributed by atoms with Crippen LogP contribution in [0.5, 0.6) is 0 Å². The molecule has 0 atom stereocenters. The first-order valence-corrected chi connectivity index (χ1v) is 6.42. The molecule has 1 rings (SSSR count). The molecule has 19 heavy (non-hydrogen) atoms. The molecule has 0 radical (unpaired) electrons. The zero-order valence-corrected chi connectivity index (χ0v) is 12.0. The number of carbonyl (C=O) groups excluding carboxylic acids is 2. The summed E-state index contributed by atoms with van der Waals surface area (Å²) in [5.41, 5.74) is 7.05. The number of nitrogens with one attached hydrogen (secondary N) is 1. The van der Waals surface area contributed by atoms with Gasteiger partial charge < -0.3 is 11.1 Å². The van der Waals surface area contributed by atoms with E-state index in [2.05, 4.69) is 43.4 Å². The lowest BCUT2D eigenvalue weighted by Crippen LogP contribution is -2.42. The van der Waals surface area contributed by atoms with Crippen molar-refractivity contribution in [2.75, 3.05) is 6.54 Å². The maximum atomic E-state index is 11.2. The molecule has 0 fully saturated rings. The summed E-state index contributed by atoms with van der Waals surface area (Å²) in [5, 5.41) is 2.54. The molecule has 0 aromatic heterocycles. The highest BCUT2D eigenvalue weighted by molar-refractivity contribution is 6.34. The first kappa shape index (κ1) is 15.2.